The van der Waals surface area contributed by atoms with Gasteiger partial charge in [-0.3, -0.25) is 4.90 Å². The number of nitrogens with zero attached hydrogens (tertiary/aromatic N) is 1. The largest absolute Gasteiger partial charge is 0.300 e. The van der Waals surface area contributed by atoms with Crippen LogP contribution >= 0.6 is 0 Å². The Kier molecular flexibility index (Phi) is 18.8. The first-order valence-electron chi connectivity index (χ1n) is 6.83. The molecule has 0 aromatic carbocycles. The normalized spacial score (nSPS) is 10.3. The van der Waals surface area contributed by atoms with Crippen LogP contribution in [0.1, 0.15) is 53.4 Å². The summed E-state index contributed by atoms with van der Waals surface area (Å²) in [7, 11) is 0. The predicted molar refractivity (Wildman–Crippen MR) is 76.9 cm³/mol. The van der Waals surface area contributed by atoms with Crippen molar-refractivity contribution < 1.29 is 0 Å². The molecule has 0 aliphatic carbocycles. The summed E-state index contributed by atoms with van der Waals surface area (Å²) in [5.74, 6) is 0. The molecular weight excluding hydrogens is 194 g/mol. The first-order valence-corrected chi connectivity index (χ1v) is 6.83. The van der Waals surface area contributed by atoms with E-state index in [0.29, 0.717) is 0 Å². The van der Waals surface area contributed by atoms with Gasteiger partial charge in [-0.1, -0.05) is 52.3 Å². The summed E-state index contributed by atoms with van der Waals surface area (Å²) in [6, 6.07) is 0. The SMILES string of the molecule is C=CCC/C=C/CN(CC)CCCC.CC. The van der Waals surface area contributed by atoms with Gasteiger partial charge in [-0.25, -0.2) is 0 Å². The topological polar surface area (TPSA) is 3.24 Å². The molecule has 0 heterocycles. The van der Waals surface area contributed by atoms with Crippen LogP contribution in [-0.4, -0.2) is 24.5 Å². The van der Waals surface area contributed by atoms with Gasteiger partial charge >= 0.3 is 0 Å². The van der Waals surface area contributed by atoms with Crippen LogP contribution in [-0.2, 0) is 0 Å². The van der Waals surface area contributed by atoms with Gasteiger partial charge in [0.1, 0.15) is 0 Å². The zero-order valence-electron chi connectivity index (χ0n) is 11.8. The Labute approximate surface area is 103 Å². The molecule has 0 spiro atoms. The number of likely N-dealkylation sites (N-methyl/N-ethyl adjacent to an activating group) is 1. The molecule has 0 unspecified atom stereocenters. The number of rotatable bonds is 9. The molecular formula is C15H31N. The highest BCUT2D eigenvalue weighted by atomic mass is 15.1. The quantitative estimate of drug-likeness (QED) is 0.407. The fourth-order valence-corrected chi connectivity index (χ4v) is 1.32. The van der Waals surface area contributed by atoms with Crippen molar-refractivity contribution >= 4 is 0 Å². The van der Waals surface area contributed by atoms with Crippen LogP contribution in [0.5, 0.6) is 0 Å². The first-order chi connectivity index (χ1) is 7.85. The Balaban J connectivity index is 0. The molecule has 0 aromatic rings. The van der Waals surface area contributed by atoms with Crippen LogP contribution in [0, 0.1) is 0 Å². The number of hydrogen-bond acceptors (Lipinski definition) is 1. The van der Waals surface area contributed by atoms with Crippen molar-refractivity contribution in [2.24, 2.45) is 0 Å². The minimum absolute atomic E-state index is 1.09. The molecule has 1 heteroatoms. The number of unbranched alkanes of at least 4 members (excludes halogenated alkanes) is 2. The third-order valence-corrected chi connectivity index (χ3v) is 2.34. The monoisotopic (exact) mass is 225 g/mol. The smallest absolute Gasteiger partial charge is 0.0163 e. The van der Waals surface area contributed by atoms with E-state index in [-0.39, 0.29) is 0 Å². The third-order valence-electron chi connectivity index (χ3n) is 2.34. The number of allylic oxidation sites excluding steroid dienone is 2. The Morgan fingerprint density at radius 1 is 1.06 bits per heavy atom. The van der Waals surface area contributed by atoms with Gasteiger partial charge in [0, 0.05) is 6.54 Å². The zero-order chi connectivity index (χ0) is 12.6. The van der Waals surface area contributed by atoms with Crippen molar-refractivity contribution in [2.75, 3.05) is 19.6 Å². The molecule has 0 radical (unpaired) electrons. The first kappa shape index (κ1) is 17.8. The molecule has 0 aromatic heterocycles. The molecule has 96 valence electrons. The standard InChI is InChI=1S/C13H25N.C2H6/c1-4-7-9-10-11-13-14(6-3)12-8-5-2;1-2/h4,10-11H,1,5-9,12-13H2,2-3H3;1-2H3/b11-10+;. The fourth-order valence-electron chi connectivity index (χ4n) is 1.32. The second-order valence-corrected chi connectivity index (χ2v) is 3.58. The summed E-state index contributed by atoms with van der Waals surface area (Å²) in [5, 5.41) is 0. The molecule has 0 rings (SSSR count). The maximum Gasteiger partial charge on any atom is 0.0163 e. The Morgan fingerprint density at radius 2 is 1.75 bits per heavy atom. The summed E-state index contributed by atoms with van der Waals surface area (Å²) in [4.78, 5) is 2.48. The van der Waals surface area contributed by atoms with Crippen LogP contribution in [0.25, 0.3) is 0 Å². The Morgan fingerprint density at radius 3 is 2.25 bits per heavy atom. The van der Waals surface area contributed by atoms with Gasteiger partial charge in [0.2, 0.25) is 0 Å². The van der Waals surface area contributed by atoms with Gasteiger partial charge in [0.15, 0.2) is 0 Å². The van der Waals surface area contributed by atoms with Crippen LogP contribution in [0.3, 0.4) is 0 Å². The maximum atomic E-state index is 3.71. The lowest BCUT2D eigenvalue weighted by molar-refractivity contribution is 0.313. The summed E-state index contributed by atoms with van der Waals surface area (Å²) in [5.41, 5.74) is 0. The summed E-state index contributed by atoms with van der Waals surface area (Å²) >= 11 is 0. The predicted octanol–water partition coefficient (Wildman–Crippen LogP) is 4.66. The van der Waals surface area contributed by atoms with E-state index < -0.39 is 0 Å². The highest BCUT2D eigenvalue weighted by Gasteiger charge is 1.96. The maximum absolute atomic E-state index is 3.71. The Hall–Kier alpha value is -0.560. The van der Waals surface area contributed by atoms with E-state index in [4.69, 9.17) is 0 Å². The van der Waals surface area contributed by atoms with E-state index in [1.165, 1.54) is 19.4 Å². The van der Waals surface area contributed by atoms with Crippen LogP contribution in [0.4, 0.5) is 0 Å². The van der Waals surface area contributed by atoms with E-state index in [0.717, 1.165) is 25.9 Å². The Bertz CT molecular complexity index is 150. The van der Waals surface area contributed by atoms with E-state index in [1.807, 2.05) is 19.9 Å². The molecule has 0 saturated heterocycles. The van der Waals surface area contributed by atoms with E-state index in [2.05, 4.69) is 37.5 Å². The summed E-state index contributed by atoms with van der Waals surface area (Å²) in [6.45, 7) is 15.7. The van der Waals surface area contributed by atoms with Gasteiger partial charge < -0.3 is 0 Å². The van der Waals surface area contributed by atoms with Gasteiger partial charge in [0.25, 0.3) is 0 Å². The van der Waals surface area contributed by atoms with E-state index in [1.54, 1.807) is 0 Å². The molecule has 1 nitrogen and oxygen atoms in total. The highest BCUT2D eigenvalue weighted by Crippen LogP contribution is 1.96. The minimum atomic E-state index is 1.09. The van der Waals surface area contributed by atoms with E-state index in [9.17, 15) is 0 Å². The van der Waals surface area contributed by atoms with Gasteiger partial charge in [0.05, 0.1) is 0 Å². The lowest BCUT2D eigenvalue weighted by atomic mass is 10.2. The van der Waals surface area contributed by atoms with Crippen LogP contribution < -0.4 is 0 Å². The van der Waals surface area contributed by atoms with Crippen molar-refractivity contribution in [3.63, 3.8) is 0 Å². The third kappa shape index (κ3) is 13.4. The average molecular weight is 225 g/mol. The summed E-state index contributed by atoms with van der Waals surface area (Å²) in [6.07, 6.45) is 11.3. The fraction of sp³-hybridized carbons (Fsp3) is 0.733. The zero-order valence-corrected chi connectivity index (χ0v) is 11.8. The molecule has 0 aliphatic rings. The van der Waals surface area contributed by atoms with Crippen molar-refractivity contribution in [3.8, 4) is 0 Å². The summed E-state index contributed by atoms with van der Waals surface area (Å²) < 4.78 is 0. The lowest BCUT2D eigenvalue weighted by Gasteiger charge is -2.17. The van der Waals surface area contributed by atoms with Crippen molar-refractivity contribution in [1.29, 1.82) is 0 Å². The minimum Gasteiger partial charge on any atom is -0.300 e. The van der Waals surface area contributed by atoms with Gasteiger partial charge in [-0.15, -0.1) is 6.58 Å². The molecule has 16 heavy (non-hydrogen) atoms. The van der Waals surface area contributed by atoms with Crippen molar-refractivity contribution in [2.45, 2.75) is 53.4 Å². The van der Waals surface area contributed by atoms with Gasteiger partial charge in [-0.2, -0.15) is 0 Å². The molecule has 0 amide bonds. The molecule has 0 N–H and O–H groups in total. The average Bonchev–Trinajstić information content (AvgIpc) is 2.35. The van der Waals surface area contributed by atoms with Crippen LogP contribution in [0.2, 0.25) is 0 Å². The van der Waals surface area contributed by atoms with E-state index >= 15 is 0 Å². The van der Waals surface area contributed by atoms with Crippen molar-refractivity contribution in [3.05, 3.63) is 24.8 Å². The molecule has 0 bridgehead atoms. The molecule has 0 aliphatic heterocycles. The van der Waals surface area contributed by atoms with Gasteiger partial charge in [-0.05, 0) is 32.4 Å². The number of hydrogen-bond donors (Lipinski definition) is 0. The second-order valence-electron chi connectivity index (χ2n) is 3.58. The highest BCUT2D eigenvalue weighted by molar-refractivity contribution is 4.86. The van der Waals surface area contributed by atoms with Crippen molar-refractivity contribution in [1.82, 2.24) is 4.90 Å². The molecule has 0 saturated carbocycles. The molecule has 0 atom stereocenters. The van der Waals surface area contributed by atoms with Crippen LogP contribution in [0.15, 0.2) is 24.8 Å². The lowest BCUT2D eigenvalue weighted by Crippen LogP contribution is -2.24. The second kappa shape index (κ2) is 16.9. The molecule has 0 fully saturated rings.